The van der Waals surface area contributed by atoms with Crippen LogP contribution in [-0.4, -0.2) is 23.9 Å². The molecule has 1 aromatic rings. The molecule has 0 amide bonds. The Balaban J connectivity index is 1.61. The summed E-state index contributed by atoms with van der Waals surface area (Å²) in [6, 6.07) is 10.5. The van der Waals surface area contributed by atoms with Crippen LogP contribution in [0.15, 0.2) is 30.3 Å². The van der Waals surface area contributed by atoms with Gasteiger partial charge in [-0.3, -0.25) is 4.84 Å². The monoisotopic (exact) mass is 219 g/mol. The number of rotatable bonds is 2. The first kappa shape index (κ1) is 10.1. The molecule has 0 bridgehead atoms. The summed E-state index contributed by atoms with van der Waals surface area (Å²) in [6.45, 7) is 1.05. The van der Waals surface area contributed by atoms with Crippen molar-refractivity contribution in [2.45, 2.75) is 38.0 Å². The molecule has 0 aromatic heterocycles. The molecule has 3 heteroatoms. The fourth-order valence-electron chi connectivity index (χ4n) is 2.49. The number of fused-ring (bicyclic) bond motifs is 1. The molecule has 2 atom stereocenters. The Morgan fingerprint density at radius 1 is 1.19 bits per heavy atom. The molecule has 2 aliphatic rings. The molecule has 0 saturated carbocycles. The number of nitrogens with zero attached hydrogens (tertiary/aromatic N) is 1. The lowest BCUT2D eigenvalue weighted by Gasteiger charge is -2.26. The van der Waals surface area contributed by atoms with Crippen LogP contribution in [0.3, 0.4) is 0 Å². The van der Waals surface area contributed by atoms with Gasteiger partial charge in [0.2, 0.25) is 6.29 Å². The Hall–Kier alpha value is -1.06. The van der Waals surface area contributed by atoms with E-state index in [0.29, 0.717) is 6.04 Å². The molecule has 86 valence electrons. The SMILES string of the molecule is c1ccc(O[C@H]2C[C@H]3CCCCN3O2)cc1. The Labute approximate surface area is 95.9 Å². The molecule has 1 aromatic carbocycles. The van der Waals surface area contributed by atoms with Crippen molar-refractivity contribution in [1.29, 1.82) is 0 Å². The second-order valence-corrected chi connectivity index (χ2v) is 4.49. The summed E-state index contributed by atoms with van der Waals surface area (Å²) < 4.78 is 5.80. The van der Waals surface area contributed by atoms with Gasteiger partial charge in [0.25, 0.3) is 0 Å². The molecular weight excluding hydrogens is 202 g/mol. The van der Waals surface area contributed by atoms with Crippen molar-refractivity contribution in [3.63, 3.8) is 0 Å². The third kappa shape index (κ3) is 2.06. The lowest BCUT2D eigenvalue weighted by Crippen LogP contribution is -2.33. The number of ether oxygens (including phenoxy) is 1. The maximum atomic E-state index is 5.80. The third-order valence-electron chi connectivity index (χ3n) is 3.30. The van der Waals surface area contributed by atoms with Gasteiger partial charge in [0, 0.05) is 19.0 Å². The highest BCUT2D eigenvalue weighted by Crippen LogP contribution is 2.30. The molecule has 2 fully saturated rings. The predicted octanol–water partition coefficient (Wildman–Crippen LogP) is 2.58. The first-order chi connectivity index (χ1) is 7.92. The molecular formula is C13H17NO2. The van der Waals surface area contributed by atoms with E-state index in [1.165, 1.54) is 19.3 Å². The average molecular weight is 219 g/mol. The number of hydrogen-bond donors (Lipinski definition) is 0. The predicted molar refractivity (Wildman–Crippen MR) is 60.9 cm³/mol. The highest BCUT2D eigenvalue weighted by atomic mass is 16.8. The van der Waals surface area contributed by atoms with E-state index in [1.807, 2.05) is 30.3 Å². The van der Waals surface area contributed by atoms with Crippen LogP contribution in [0.2, 0.25) is 0 Å². The summed E-state index contributed by atoms with van der Waals surface area (Å²) >= 11 is 0. The van der Waals surface area contributed by atoms with Crippen molar-refractivity contribution in [1.82, 2.24) is 5.06 Å². The molecule has 16 heavy (non-hydrogen) atoms. The molecule has 0 aliphatic carbocycles. The first-order valence-electron chi connectivity index (χ1n) is 6.07. The van der Waals surface area contributed by atoms with Gasteiger partial charge in [0.15, 0.2) is 0 Å². The lowest BCUT2D eigenvalue weighted by atomic mass is 10.0. The van der Waals surface area contributed by atoms with Crippen molar-refractivity contribution in [2.75, 3.05) is 6.54 Å². The fraction of sp³-hybridized carbons (Fsp3) is 0.538. The van der Waals surface area contributed by atoms with Crippen molar-refractivity contribution in [2.24, 2.45) is 0 Å². The average Bonchev–Trinajstić information content (AvgIpc) is 2.72. The standard InChI is InChI=1S/C13H17NO2/c1-2-7-12(8-3-1)15-13-10-11-6-4-5-9-14(11)16-13/h1-3,7-8,11,13H,4-6,9-10H2/t11-,13-/m1/s1. The van der Waals surface area contributed by atoms with Crippen LogP contribution in [0.4, 0.5) is 0 Å². The van der Waals surface area contributed by atoms with Gasteiger partial charge in [0.05, 0.1) is 0 Å². The van der Waals surface area contributed by atoms with Crippen LogP contribution >= 0.6 is 0 Å². The van der Waals surface area contributed by atoms with Crippen molar-refractivity contribution >= 4 is 0 Å². The van der Waals surface area contributed by atoms with E-state index in [9.17, 15) is 0 Å². The Morgan fingerprint density at radius 3 is 2.88 bits per heavy atom. The van der Waals surface area contributed by atoms with Gasteiger partial charge in [-0.15, -0.1) is 0 Å². The summed E-state index contributed by atoms with van der Waals surface area (Å²) in [4.78, 5) is 5.78. The van der Waals surface area contributed by atoms with E-state index in [-0.39, 0.29) is 6.29 Å². The largest absolute Gasteiger partial charge is 0.463 e. The van der Waals surface area contributed by atoms with Crippen LogP contribution in [0.1, 0.15) is 25.7 Å². The van der Waals surface area contributed by atoms with E-state index >= 15 is 0 Å². The molecule has 0 radical (unpaired) electrons. The zero-order valence-electron chi connectivity index (χ0n) is 9.34. The van der Waals surface area contributed by atoms with E-state index in [2.05, 4.69) is 5.06 Å². The second-order valence-electron chi connectivity index (χ2n) is 4.49. The molecule has 2 saturated heterocycles. The number of para-hydroxylation sites is 1. The minimum absolute atomic E-state index is 0.0921. The van der Waals surface area contributed by atoms with Gasteiger partial charge >= 0.3 is 0 Å². The quantitative estimate of drug-likeness (QED) is 0.763. The summed E-state index contributed by atoms with van der Waals surface area (Å²) in [6.07, 6.45) is 4.71. The normalized spacial score (nSPS) is 30.0. The summed E-state index contributed by atoms with van der Waals surface area (Å²) in [7, 11) is 0. The Kier molecular flexibility index (Phi) is 2.80. The highest BCUT2D eigenvalue weighted by molar-refractivity contribution is 5.21. The van der Waals surface area contributed by atoms with E-state index in [0.717, 1.165) is 18.7 Å². The Bertz CT molecular complexity index is 327. The van der Waals surface area contributed by atoms with Crippen LogP contribution in [0.5, 0.6) is 5.75 Å². The van der Waals surface area contributed by atoms with Crippen LogP contribution in [0, 0.1) is 0 Å². The van der Waals surface area contributed by atoms with Gasteiger partial charge in [-0.05, 0) is 25.0 Å². The summed E-state index contributed by atoms with van der Waals surface area (Å²) in [5, 5.41) is 2.11. The van der Waals surface area contributed by atoms with Crippen molar-refractivity contribution in [3.05, 3.63) is 30.3 Å². The van der Waals surface area contributed by atoms with Gasteiger partial charge in [-0.1, -0.05) is 24.6 Å². The van der Waals surface area contributed by atoms with Gasteiger partial charge in [-0.25, -0.2) is 0 Å². The minimum Gasteiger partial charge on any atom is -0.463 e. The fourth-order valence-corrected chi connectivity index (χ4v) is 2.49. The molecule has 2 heterocycles. The molecule has 0 spiro atoms. The van der Waals surface area contributed by atoms with Crippen molar-refractivity contribution in [3.8, 4) is 5.75 Å². The molecule has 0 unspecified atom stereocenters. The maximum absolute atomic E-state index is 5.80. The zero-order chi connectivity index (χ0) is 10.8. The zero-order valence-corrected chi connectivity index (χ0v) is 9.34. The topological polar surface area (TPSA) is 21.7 Å². The van der Waals surface area contributed by atoms with Gasteiger partial charge in [0.1, 0.15) is 5.75 Å². The van der Waals surface area contributed by atoms with E-state index in [1.54, 1.807) is 0 Å². The van der Waals surface area contributed by atoms with Gasteiger partial charge in [-0.2, -0.15) is 5.06 Å². The molecule has 3 rings (SSSR count). The molecule has 0 N–H and O–H groups in total. The number of hydrogen-bond acceptors (Lipinski definition) is 3. The molecule has 3 nitrogen and oxygen atoms in total. The van der Waals surface area contributed by atoms with Crippen LogP contribution in [0.25, 0.3) is 0 Å². The van der Waals surface area contributed by atoms with E-state index in [4.69, 9.17) is 9.57 Å². The van der Waals surface area contributed by atoms with E-state index < -0.39 is 0 Å². The number of benzene rings is 1. The number of piperidine rings is 1. The first-order valence-corrected chi connectivity index (χ1v) is 6.07. The lowest BCUT2D eigenvalue weighted by molar-refractivity contribution is -0.217. The highest BCUT2D eigenvalue weighted by Gasteiger charge is 2.36. The van der Waals surface area contributed by atoms with Crippen molar-refractivity contribution < 1.29 is 9.57 Å². The second kappa shape index (κ2) is 4.44. The number of hydroxylamine groups is 2. The van der Waals surface area contributed by atoms with Crippen LogP contribution < -0.4 is 4.74 Å². The Morgan fingerprint density at radius 2 is 2.06 bits per heavy atom. The summed E-state index contributed by atoms with van der Waals surface area (Å²) in [5.41, 5.74) is 0. The minimum atomic E-state index is -0.0921. The maximum Gasteiger partial charge on any atom is 0.219 e. The third-order valence-corrected chi connectivity index (χ3v) is 3.30. The molecule has 2 aliphatic heterocycles. The van der Waals surface area contributed by atoms with Crippen LogP contribution in [-0.2, 0) is 4.84 Å². The smallest absolute Gasteiger partial charge is 0.219 e. The van der Waals surface area contributed by atoms with Gasteiger partial charge < -0.3 is 4.74 Å². The summed E-state index contributed by atoms with van der Waals surface area (Å²) in [5.74, 6) is 0.896.